The molecule has 0 aliphatic carbocycles. The third-order valence-corrected chi connectivity index (χ3v) is 4.06. The van der Waals surface area contributed by atoms with Crippen molar-refractivity contribution >= 4 is 27.5 Å². The molecule has 1 aliphatic heterocycles. The average Bonchev–Trinajstić information content (AvgIpc) is 2.63. The van der Waals surface area contributed by atoms with Crippen molar-refractivity contribution in [3.63, 3.8) is 0 Å². The number of hydrogen-bond donors (Lipinski definition) is 1. The molecule has 0 bridgehead atoms. The Hall–Kier alpha value is -1.40. The van der Waals surface area contributed by atoms with Crippen molar-refractivity contribution < 1.29 is 4.79 Å². The van der Waals surface area contributed by atoms with Crippen LogP contribution in [0.5, 0.6) is 0 Å². The van der Waals surface area contributed by atoms with Gasteiger partial charge in [0.2, 0.25) is 0 Å². The number of pyridine rings is 1. The van der Waals surface area contributed by atoms with Gasteiger partial charge in [-0.15, -0.1) is 0 Å². The molecule has 0 saturated carbocycles. The first-order chi connectivity index (χ1) is 9.66. The molecule has 1 aliphatic rings. The van der Waals surface area contributed by atoms with Crippen LogP contribution < -0.4 is 5.32 Å². The molecular formula is C14H17BrN4O. The van der Waals surface area contributed by atoms with Gasteiger partial charge in [0.05, 0.1) is 5.69 Å². The van der Waals surface area contributed by atoms with Gasteiger partial charge in [-0.05, 0) is 48.0 Å². The summed E-state index contributed by atoms with van der Waals surface area (Å²) in [6, 6.07) is 3.85. The first-order valence-electron chi connectivity index (χ1n) is 6.81. The van der Waals surface area contributed by atoms with E-state index in [1.54, 1.807) is 0 Å². The van der Waals surface area contributed by atoms with Crippen molar-refractivity contribution in [3.8, 4) is 0 Å². The molecule has 0 atom stereocenters. The van der Waals surface area contributed by atoms with Gasteiger partial charge in [0.25, 0.3) is 5.91 Å². The highest BCUT2D eigenvalue weighted by Gasteiger charge is 2.23. The van der Waals surface area contributed by atoms with Crippen molar-refractivity contribution in [1.82, 2.24) is 19.6 Å². The van der Waals surface area contributed by atoms with Gasteiger partial charge in [-0.3, -0.25) is 9.20 Å². The molecule has 1 saturated heterocycles. The topological polar surface area (TPSA) is 49.6 Å². The molecule has 1 amide bonds. The third kappa shape index (κ3) is 2.45. The SMILES string of the molecule is Cc1nc2ccc(Br)cn2c1C(=O)N1CCCNCC1. The summed E-state index contributed by atoms with van der Waals surface area (Å²) in [4.78, 5) is 19.2. The lowest BCUT2D eigenvalue weighted by atomic mass is 10.3. The van der Waals surface area contributed by atoms with E-state index in [0.29, 0.717) is 5.69 Å². The van der Waals surface area contributed by atoms with Gasteiger partial charge >= 0.3 is 0 Å². The first-order valence-corrected chi connectivity index (χ1v) is 7.60. The maximum atomic E-state index is 12.8. The Balaban J connectivity index is 2.01. The Kier molecular flexibility index (Phi) is 3.76. The highest BCUT2D eigenvalue weighted by Crippen LogP contribution is 2.18. The smallest absolute Gasteiger partial charge is 0.272 e. The van der Waals surface area contributed by atoms with Crippen LogP contribution in [-0.4, -0.2) is 46.4 Å². The van der Waals surface area contributed by atoms with E-state index in [9.17, 15) is 4.79 Å². The highest BCUT2D eigenvalue weighted by atomic mass is 79.9. The third-order valence-electron chi connectivity index (χ3n) is 3.59. The summed E-state index contributed by atoms with van der Waals surface area (Å²) in [5, 5.41) is 3.31. The summed E-state index contributed by atoms with van der Waals surface area (Å²) in [7, 11) is 0. The van der Waals surface area contributed by atoms with Crippen LogP contribution in [0.25, 0.3) is 5.65 Å². The van der Waals surface area contributed by atoms with E-state index in [4.69, 9.17) is 0 Å². The summed E-state index contributed by atoms with van der Waals surface area (Å²) < 4.78 is 2.81. The Bertz CT molecular complexity index is 644. The normalized spacial score (nSPS) is 16.4. The standard InChI is InChI=1S/C14H17BrN4O/c1-10-13(14(20)18-7-2-5-16-6-8-18)19-9-11(15)3-4-12(19)17-10/h3-4,9,16H,2,5-8H2,1H3. The van der Waals surface area contributed by atoms with Gasteiger partial charge in [0, 0.05) is 30.3 Å². The number of nitrogens with one attached hydrogen (secondary N) is 1. The molecule has 2 aromatic heterocycles. The van der Waals surface area contributed by atoms with Crippen molar-refractivity contribution in [3.05, 3.63) is 34.2 Å². The van der Waals surface area contributed by atoms with Crippen LogP contribution in [-0.2, 0) is 0 Å². The summed E-state index contributed by atoms with van der Waals surface area (Å²) in [6.07, 6.45) is 2.89. The summed E-state index contributed by atoms with van der Waals surface area (Å²) in [5.74, 6) is 0.0665. The first kappa shape index (κ1) is 13.6. The lowest BCUT2D eigenvalue weighted by Crippen LogP contribution is -2.35. The van der Waals surface area contributed by atoms with Crippen molar-refractivity contribution in [1.29, 1.82) is 0 Å². The lowest BCUT2D eigenvalue weighted by molar-refractivity contribution is 0.0758. The van der Waals surface area contributed by atoms with Gasteiger partial charge < -0.3 is 10.2 Å². The van der Waals surface area contributed by atoms with Crippen LogP contribution >= 0.6 is 15.9 Å². The maximum Gasteiger partial charge on any atom is 0.272 e. The van der Waals surface area contributed by atoms with Crippen LogP contribution in [0.15, 0.2) is 22.8 Å². The quantitative estimate of drug-likeness (QED) is 0.864. The molecule has 5 nitrogen and oxygen atoms in total. The zero-order chi connectivity index (χ0) is 14.1. The molecular weight excluding hydrogens is 320 g/mol. The highest BCUT2D eigenvalue weighted by molar-refractivity contribution is 9.10. The van der Waals surface area contributed by atoms with E-state index in [-0.39, 0.29) is 5.91 Å². The minimum absolute atomic E-state index is 0.0665. The number of rotatable bonds is 1. The Morgan fingerprint density at radius 3 is 3.05 bits per heavy atom. The molecule has 0 unspecified atom stereocenters. The summed E-state index contributed by atoms with van der Waals surface area (Å²) in [6.45, 7) is 5.27. The predicted octanol–water partition coefficient (Wildman–Crippen LogP) is 1.84. The second kappa shape index (κ2) is 5.54. The van der Waals surface area contributed by atoms with Crippen LogP contribution in [0.3, 0.4) is 0 Å². The second-order valence-electron chi connectivity index (χ2n) is 5.02. The van der Waals surface area contributed by atoms with Crippen molar-refractivity contribution in [2.45, 2.75) is 13.3 Å². The fourth-order valence-electron chi connectivity index (χ4n) is 2.59. The molecule has 0 spiro atoms. The minimum Gasteiger partial charge on any atom is -0.336 e. The number of carbonyl (C=O) groups excluding carboxylic acids is 1. The van der Waals surface area contributed by atoms with Crippen LogP contribution in [0.4, 0.5) is 0 Å². The van der Waals surface area contributed by atoms with Crippen molar-refractivity contribution in [2.75, 3.05) is 26.2 Å². The fourth-order valence-corrected chi connectivity index (χ4v) is 2.93. The van der Waals surface area contributed by atoms with Gasteiger partial charge in [0.15, 0.2) is 0 Å². The summed E-state index contributed by atoms with van der Waals surface area (Å²) in [5.41, 5.74) is 2.26. The van der Waals surface area contributed by atoms with E-state index >= 15 is 0 Å². The number of aryl methyl sites for hydroxylation is 1. The van der Waals surface area contributed by atoms with Crippen LogP contribution in [0.1, 0.15) is 22.6 Å². The predicted molar refractivity (Wildman–Crippen MR) is 81.0 cm³/mol. The number of halogens is 1. The van der Waals surface area contributed by atoms with E-state index in [2.05, 4.69) is 26.2 Å². The van der Waals surface area contributed by atoms with Gasteiger partial charge in [-0.2, -0.15) is 0 Å². The number of amides is 1. The molecule has 6 heteroatoms. The van der Waals surface area contributed by atoms with E-state index in [0.717, 1.165) is 48.4 Å². The van der Waals surface area contributed by atoms with Gasteiger partial charge in [-0.1, -0.05) is 0 Å². The molecule has 2 aromatic rings. The minimum atomic E-state index is 0.0665. The molecule has 1 fully saturated rings. The number of fused-ring (bicyclic) bond motifs is 1. The van der Waals surface area contributed by atoms with E-state index in [1.807, 2.05) is 34.6 Å². The summed E-state index contributed by atoms with van der Waals surface area (Å²) >= 11 is 3.45. The molecule has 0 aromatic carbocycles. The molecule has 1 N–H and O–H groups in total. The second-order valence-corrected chi connectivity index (χ2v) is 5.93. The Labute approximate surface area is 126 Å². The molecule has 106 valence electrons. The molecule has 3 heterocycles. The van der Waals surface area contributed by atoms with Gasteiger partial charge in [-0.25, -0.2) is 4.98 Å². The number of aromatic nitrogens is 2. The van der Waals surface area contributed by atoms with Crippen LogP contribution in [0.2, 0.25) is 0 Å². The number of imidazole rings is 1. The number of carbonyl (C=O) groups is 1. The monoisotopic (exact) mass is 336 g/mol. The van der Waals surface area contributed by atoms with Gasteiger partial charge in [0.1, 0.15) is 11.3 Å². The molecule has 20 heavy (non-hydrogen) atoms. The van der Waals surface area contributed by atoms with E-state index in [1.165, 1.54) is 0 Å². The molecule has 3 rings (SSSR count). The zero-order valence-corrected chi connectivity index (χ0v) is 13.0. The van der Waals surface area contributed by atoms with Crippen molar-refractivity contribution in [2.24, 2.45) is 0 Å². The largest absolute Gasteiger partial charge is 0.336 e. The zero-order valence-electron chi connectivity index (χ0n) is 11.4. The van der Waals surface area contributed by atoms with E-state index < -0.39 is 0 Å². The number of nitrogens with zero attached hydrogens (tertiary/aromatic N) is 3. The molecule has 0 radical (unpaired) electrons. The Morgan fingerprint density at radius 2 is 2.20 bits per heavy atom. The lowest BCUT2D eigenvalue weighted by Gasteiger charge is -2.20. The Morgan fingerprint density at radius 1 is 1.35 bits per heavy atom. The average molecular weight is 337 g/mol. The number of hydrogen-bond acceptors (Lipinski definition) is 3. The van der Waals surface area contributed by atoms with Crippen LogP contribution in [0, 0.1) is 6.92 Å². The maximum absolute atomic E-state index is 12.8. The fraction of sp³-hybridized carbons (Fsp3) is 0.429.